The number of piperidine rings is 1. The number of carbonyl (C=O) groups excluding carboxylic acids is 1. The number of ether oxygens (including phenoxy) is 1. The maximum atomic E-state index is 12.2. The first kappa shape index (κ1) is 15.8. The zero-order valence-electron chi connectivity index (χ0n) is 13.3. The largest absolute Gasteiger partial charge is 0.493 e. The Morgan fingerprint density at radius 3 is 2.76 bits per heavy atom. The molecule has 4 heteroatoms. The van der Waals surface area contributed by atoms with Gasteiger partial charge >= 0.3 is 0 Å². The molecule has 1 N–H and O–H groups in total. The average Bonchev–Trinajstić information content (AvgIpc) is 2.50. The first-order valence-electron chi connectivity index (χ1n) is 7.74. The highest BCUT2D eigenvalue weighted by Crippen LogP contribution is 2.19. The third-order valence-electron chi connectivity index (χ3n) is 4.17. The van der Waals surface area contributed by atoms with E-state index >= 15 is 0 Å². The second-order valence-corrected chi connectivity index (χ2v) is 5.85. The van der Waals surface area contributed by atoms with Crippen LogP contribution in [0.2, 0.25) is 0 Å². The van der Waals surface area contributed by atoms with Crippen molar-refractivity contribution in [1.29, 1.82) is 0 Å². The minimum absolute atomic E-state index is 0.173. The van der Waals surface area contributed by atoms with E-state index in [2.05, 4.69) is 11.4 Å². The molecular weight excluding hydrogens is 264 g/mol. The van der Waals surface area contributed by atoms with Gasteiger partial charge in [-0.25, -0.2) is 0 Å². The minimum Gasteiger partial charge on any atom is -0.493 e. The van der Waals surface area contributed by atoms with Crippen LogP contribution in [-0.2, 0) is 4.79 Å². The van der Waals surface area contributed by atoms with Crippen molar-refractivity contribution < 1.29 is 9.53 Å². The van der Waals surface area contributed by atoms with E-state index in [9.17, 15) is 4.79 Å². The molecule has 4 nitrogen and oxygen atoms in total. The normalized spacial score (nSPS) is 15.8. The quantitative estimate of drug-likeness (QED) is 0.904. The summed E-state index contributed by atoms with van der Waals surface area (Å²) in [5.41, 5.74) is 2.29. The van der Waals surface area contributed by atoms with Crippen LogP contribution in [0.3, 0.4) is 0 Å². The number of nitrogens with one attached hydrogen (secondary N) is 1. The molecule has 0 aromatic heterocycles. The van der Waals surface area contributed by atoms with E-state index in [-0.39, 0.29) is 5.91 Å². The van der Waals surface area contributed by atoms with Gasteiger partial charge in [-0.05, 0) is 57.0 Å². The highest BCUT2D eigenvalue weighted by atomic mass is 16.5. The molecule has 0 bridgehead atoms. The summed E-state index contributed by atoms with van der Waals surface area (Å²) in [6, 6.07) is 6.52. The van der Waals surface area contributed by atoms with Crippen LogP contribution in [0, 0.1) is 13.8 Å². The average molecular weight is 290 g/mol. The lowest BCUT2D eigenvalue weighted by atomic mass is 10.1. The van der Waals surface area contributed by atoms with E-state index in [1.807, 2.05) is 37.9 Å². The molecule has 1 aromatic carbocycles. The van der Waals surface area contributed by atoms with E-state index in [1.165, 1.54) is 5.56 Å². The van der Waals surface area contributed by atoms with Crippen LogP contribution in [-0.4, -0.2) is 43.6 Å². The van der Waals surface area contributed by atoms with Gasteiger partial charge in [-0.2, -0.15) is 0 Å². The van der Waals surface area contributed by atoms with Gasteiger partial charge in [0, 0.05) is 13.1 Å². The van der Waals surface area contributed by atoms with Crippen LogP contribution >= 0.6 is 0 Å². The fourth-order valence-corrected chi connectivity index (χ4v) is 2.69. The number of aryl methyl sites for hydroxylation is 2. The third-order valence-corrected chi connectivity index (χ3v) is 4.17. The third kappa shape index (κ3) is 4.46. The molecule has 0 saturated carbocycles. The molecular formula is C17H26N2O2. The van der Waals surface area contributed by atoms with Crippen LogP contribution in [0.4, 0.5) is 0 Å². The maximum Gasteiger partial charge on any atom is 0.225 e. The van der Waals surface area contributed by atoms with Crippen molar-refractivity contribution >= 4 is 5.91 Å². The molecule has 0 spiro atoms. The van der Waals surface area contributed by atoms with Gasteiger partial charge in [0.2, 0.25) is 5.91 Å². The molecule has 1 heterocycles. The molecule has 0 unspecified atom stereocenters. The Balaban J connectivity index is 1.79. The van der Waals surface area contributed by atoms with Crippen LogP contribution in [0.15, 0.2) is 18.2 Å². The zero-order chi connectivity index (χ0) is 15.2. The number of hydrogen-bond donors (Lipinski definition) is 1. The van der Waals surface area contributed by atoms with Crippen LogP contribution in [0.1, 0.15) is 30.4 Å². The van der Waals surface area contributed by atoms with Crippen molar-refractivity contribution in [3.05, 3.63) is 29.3 Å². The highest BCUT2D eigenvalue weighted by molar-refractivity contribution is 5.76. The van der Waals surface area contributed by atoms with Crippen molar-refractivity contribution in [2.45, 2.75) is 39.2 Å². The summed E-state index contributed by atoms with van der Waals surface area (Å²) in [5.74, 6) is 1.06. The Hall–Kier alpha value is -1.55. The molecule has 2 rings (SSSR count). The van der Waals surface area contributed by atoms with Gasteiger partial charge in [0.1, 0.15) is 5.75 Å². The molecule has 1 aliphatic rings. The summed E-state index contributed by atoms with van der Waals surface area (Å²) >= 11 is 0. The molecule has 1 amide bonds. The standard InChI is InChI=1S/C17H26N2O2/c1-13-4-5-14(2)16(12-13)21-11-8-17(20)19(3)15-6-9-18-10-7-15/h4-5,12,15,18H,6-11H2,1-3H3. The molecule has 21 heavy (non-hydrogen) atoms. The summed E-state index contributed by atoms with van der Waals surface area (Å²) in [6.07, 6.45) is 2.52. The SMILES string of the molecule is Cc1ccc(C)c(OCCC(=O)N(C)C2CCNCC2)c1. The van der Waals surface area contributed by atoms with Crippen molar-refractivity contribution in [3.63, 3.8) is 0 Å². The number of amides is 1. The predicted molar refractivity (Wildman–Crippen MR) is 84.7 cm³/mol. The van der Waals surface area contributed by atoms with E-state index in [0.717, 1.165) is 37.2 Å². The molecule has 0 radical (unpaired) electrons. The Morgan fingerprint density at radius 1 is 1.33 bits per heavy atom. The van der Waals surface area contributed by atoms with Crippen molar-refractivity contribution in [2.75, 3.05) is 26.7 Å². The van der Waals surface area contributed by atoms with Crippen LogP contribution in [0.25, 0.3) is 0 Å². The molecule has 1 fully saturated rings. The molecule has 1 aromatic rings. The van der Waals surface area contributed by atoms with Gasteiger partial charge in [-0.1, -0.05) is 12.1 Å². The van der Waals surface area contributed by atoms with Gasteiger partial charge in [0.15, 0.2) is 0 Å². The van der Waals surface area contributed by atoms with Crippen LogP contribution < -0.4 is 10.1 Å². The Kier molecular flexibility index (Phi) is 5.62. The van der Waals surface area contributed by atoms with Crippen molar-refractivity contribution in [2.24, 2.45) is 0 Å². The highest BCUT2D eigenvalue weighted by Gasteiger charge is 2.21. The number of nitrogens with zero attached hydrogens (tertiary/aromatic N) is 1. The minimum atomic E-state index is 0.173. The summed E-state index contributed by atoms with van der Waals surface area (Å²) in [6.45, 7) is 6.51. The maximum absolute atomic E-state index is 12.2. The lowest BCUT2D eigenvalue weighted by Crippen LogP contribution is -2.44. The zero-order valence-corrected chi connectivity index (χ0v) is 13.3. The van der Waals surface area contributed by atoms with E-state index in [1.54, 1.807) is 0 Å². The Bertz CT molecular complexity index is 482. The smallest absolute Gasteiger partial charge is 0.225 e. The predicted octanol–water partition coefficient (Wildman–Crippen LogP) is 2.28. The van der Waals surface area contributed by atoms with Gasteiger partial charge in [-0.15, -0.1) is 0 Å². The Morgan fingerprint density at radius 2 is 2.05 bits per heavy atom. The van der Waals surface area contributed by atoms with Gasteiger partial charge in [0.25, 0.3) is 0 Å². The molecule has 0 atom stereocenters. The number of rotatable bonds is 5. The van der Waals surface area contributed by atoms with Gasteiger partial charge in [0.05, 0.1) is 13.0 Å². The van der Waals surface area contributed by atoms with E-state index < -0.39 is 0 Å². The van der Waals surface area contributed by atoms with E-state index in [4.69, 9.17) is 4.74 Å². The van der Waals surface area contributed by atoms with Gasteiger partial charge in [-0.3, -0.25) is 4.79 Å². The lowest BCUT2D eigenvalue weighted by molar-refractivity contribution is -0.132. The molecule has 0 aliphatic carbocycles. The second kappa shape index (κ2) is 7.46. The summed E-state index contributed by atoms with van der Waals surface area (Å²) < 4.78 is 5.77. The summed E-state index contributed by atoms with van der Waals surface area (Å²) in [4.78, 5) is 14.1. The van der Waals surface area contributed by atoms with Crippen LogP contribution in [0.5, 0.6) is 5.75 Å². The second-order valence-electron chi connectivity index (χ2n) is 5.85. The lowest BCUT2D eigenvalue weighted by Gasteiger charge is -2.31. The van der Waals surface area contributed by atoms with Gasteiger partial charge < -0.3 is 15.0 Å². The summed E-state index contributed by atoms with van der Waals surface area (Å²) in [5, 5.41) is 3.32. The molecule has 1 saturated heterocycles. The molecule has 116 valence electrons. The fourth-order valence-electron chi connectivity index (χ4n) is 2.69. The number of hydrogen-bond acceptors (Lipinski definition) is 3. The van der Waals surface area contributed by atoms with Crippen molar-refractivity contribution in [1.82, 2.24) is 10.2 Å². The first-order valence-corrected chi connectivity index (χ1v) is 7.74. The number of carbonyl (C=O) groups is 1. The topological polar surface area (TPSA) is 41.6 Å². The van der Waals surface area contributed by atoms with Crippen molar-refractivity contribution in [3.8, 4) is 5.75 Å². The monoisotopic (exact) mass is 290 g/mol. The first-order chi connectivity index (χ1) is 10.1. The molecule has 1 aliphatic heterocycles. The van der Waals surface area contributed by atoms with E-state index in [0.29, 0.717) is 19.1 Å². The Labute approximate surface area is 127 Å². The number of benzene rings is 1. The fraction of sp³-hybridized carbons (Fsp3) is 0.588. The summed E-state index contributed by atoms with van der Waals surface area (Å²) in [7, 11) is 1.91.